The van der Waals surface area contributed by atoms with Crippen molar-refractivity contribution in [1.29, 1.82) is 0 Å². The smallest absolute Gasteiger partial charge is 0.307 e. The zero-order valence-corrected chi connectivity index (χ0v) is 9.04. The highest BCUT2D eigenvalue weighted by molar-refractivity contribution is 5.76. The van der Waals surface area contributed by atoms with Crippen LogP contribution in [0.5, 0.6) is 0 Å². The number of carbonyl (C=O) groups excluding carboxylic acids is 2. The van der Waals surface area contributed by atoms with Crippen LogP contribution in [0.3, 0.4) is 0 Å². The topological polar surface area (TPSA) is 55.4 Å². The minimum Gasteiger partial charge on any atom is -0.469 e. The molecule has 15 heavy (non-hydrogen) atoms. The van der Waals surface area contributed by atoms with E-state index < -0.39 is 0 Å². The summed E-state index contributed by atoms with van der Waals surface area (Å²) in [6.45, 7) is 0.334. The molecule has 4 nitrogen and oxygen atoms in total. The lowest BCUT2D eigenvalue weighted by Gasteiger charge is -2.03. The third-order valence-electron chi connectivity index (χ3n) is 1.85. The first-order valence-electron chi connectivity index (χ1n) is 4.97. The number of methoxy groups -OCH3 is 1. The third-order valence-corrected chi connectivity index (χ3v) is 1.85. The van der Waals surface area contributed by atoms with Gasteiger partial charge in [0.15, 0.2) is 0 Å². The first kappa shape index (κ1) is 13.5. The zero-order valence-electron chi connectivity index (χ0n) is 9.04. The highest BCUT2D eigenvalue weighted by Gasteiger charge is 2.03. The zero-order chi connectivity index (χ0) is 11.5. The summed E-state index contributed by atoms with van der Waals surface area (Å²) in [5, 5.41) is 2.63. The van der Waals surface area contributed by atoms with Gasteiger partial charge in [-0.15, -0.1) is 12.3 Å². The number of hydrogen-bond donors (Lipinski definition) is 1. The van der Waals surface area contributed by atoms with Crippen LogP contribution in [0.15, 0.2) is 0 Å². The molecule has 0 heterocycles. The van der Waals surface area contributed by atoms with Crippen LogP contribution >= 0.6 is 0 Å². The Morgan fingerprint density at radius 2 is 2.07 bits per heavy atom. The van der Waals surface area contributed by atoms with Gasteiger partial charge in [-0.1, -0.05) is 0 Å². The molecule has 0 aromatic rings. The SMILES string of the molecule is C#CCCCCC(=O)NCCC(=O)OC. The van der Waals surface area contributed by atoms with E-state index in [1.165, 1.54) is 7.11 Å². The molecule has 0 aliphatic carbocycles. The fourth-order valence-electron chi connectivity index (χ4n) is 1.01. The maximum absolute atomic E-state index is 11.2. The second kappa shape index (κ2) is 9.07. The standard InChI is InChI=1S/C11H17NO3/c1-3-4-5-6-7-10(13)12-9-8-11(14)15-2/h1H,4-9H2,2H3,(H,12,13). The summed E-state index contributed by atoms with van der Waals surface area (Å²) >= 11 is 0. The molecule has 0 bridgehead atoms. The summed E-state index contributed by atoms with van der Waals surface area (Å²) in [4.78, 5) is 21.9. The number of carbonyl (C=O) groups is 2. The lowest BCUT2D eigenvalue weighted by molar-refractivity contribution is -0.140. The van der Waals surface area contributed by atoms with E-state index in [9.17, 15) is 9.59 Å². The van der Waals surface area contributed by atoms with Crippen molar-refractivity contribution in [2.24, 2.45) is 0 Å². The van der Waals surface area contributed by atoms with E-state index in [-0.39, 0.29) is 18.3 Å². The van der Waals surface area contributed by atoms with Crippen molar-refractivity contribution < 1.29 is 14.3 Å². The number of rotatable bonds is 7. The Morgan fingerprint density at radius 3 is 2.67 bits per heavy atom. The van der Waals surface area contributed by atoms with Crippen molar-refractivity contribution in [2.45, 2.75) is 32.1 Å². The molecule has 0 rings (SSSR count). The largest absolute Gasteiger partial charge is 0.469 e. The van der Waals surface area contributed by atoms with E-state index in [1.54, 1.807) is 0 Å². The maximum Gasteiger partial charge on any atom is 0.307 e. The first-order chi connectivity index (χ1) is 7.20. The van der Waals surface area contributed by atoms with Crippen LogP contribution in [-0.2, 0) is 14.3 Å². The fraction of sp³-hybridized carbons (Fsp3) is 0.636. The van der Waals surface area contributed by atoms with Crippen molar-refractivity contribution in [3.63, 3.8) is 0 Å². The van der Waals surface area contributed by atoms with E-state index in [1.807, 2.05) is 0 Å². The number of amides is 1. The van der Waals surface area contributed by atoms with Crippen molar-refractivity contribution in [3.05, 3.63) is 0 Å². The average molecular weight is 211 g/mol. The van der Waals surface area contributed by atoms with Crippen LogP contribution in [0.1, 0.15) is 32.1 Å². The summed E-state index contributed by atoms with van der Waals surface area (Å²) in [5.41, 5.74) is 0. The van der Waals surface area contributed by atoms with Gasteiger partial charge in [-0.3, -0.25) is 9.59 Å². The molecular formula is C11H17NO3. The van der Waals surface area contributed by atoms with Crippen molar-refractivity contribution in [3.8, 4) is 12.3 Å². The van der Waals surface area contributed by atoms with Gasteiger partial charge in [-0.05, 0) is 12.8 Å². The van der Waals surface area contributed by atoms with Crippen LogP contribution in [0, 0.1) is 12.3 Å². The van der Waals surface area contributed by atoms with E-state index in [4.69, 9.17) is 6.42 Å². The van der Waals surface area contributed by atoms with Crippen molar-refractivity contribution in [2.75, 3.05) is 13.7 Å². The predicted octanol–water partition coefficient (Wildman–Crippen LogP) is 0.859. The molecule has 0 aromatic carbocycles. The Labute approximate surface area is 90.4 Å². The monoisotopic (exact) mass is 211 g/mol. The van der Waals surface area contributed by atoms with Crippen LogP contribution in [0.25, 0.3) is 0 Å². The predicted molar refractivity (Wildman–Crippen MR) is 56.9 cm³/mol. The van der Waals surface area contributed by atoms with Crippen molar-refractivity contribution >= 4 is 11.9 Å². The van der Waals surface area contributed by atoms with Gasteiger partial charge in [-0.25, -0.2) is 0 Å². The van der Waals surface area contributed by atoms with Gasteiger partial charge in [0.1, 0.15) is 0 Å². The number of unbranched alkanes of at least 4 members (excludes halogenated alkanes) is 2. The van der Waals surface area contributed by atoms with Crippen LogP contribution in [0.2, 0.25) is 0 Å². The van der Waals surface area contributed by atoms with Gasteiger partial charge in [0, 0.05) is 19.4 Å². The summed E-state index contributed by atoms with van der Waals surface area (Å²) in [6.07, 6.45) is 8.10. The lowest BCUT2D eigenvalue weighted by atomic mass is 10.2. The molecule has 0 aliphatic heterocycles. The summed E-state index contributed by atoms with van der Waals surface area (Å²) in [6, 6.07) is 0. The van der Waals surface area contributed by atoms with E-state index in [2.05, 4.69) is 16.0 Å². The van der Waals surface area contributed by atoms with Crippen LogP contribution < -0.4 is 5.32 Å². The quantitative estimate of drug-likeness (QED) is 0.386. The summed E-state index contributed by atoms with van der Waals surface area (Å²) in [5.74, 6) is 2.15. The molecule has 0 fully saturated rings. The number of nitrogens with one attached hydrogen (secondary N) is 1. The van der Waals surface area contributed by atoms with Gasteiger partial charge in [-0.2, -0.15) is 0 Å². The van der Waals surface area contributed by atoms with Gasteiger partial charge in [0.05, 0.1) is 13.5 Å². The van der Waals surface area contributed by atoms with E-state index in [0.717, 1.165) is 12.8 Å². The van der Waals surface area contributed by atoms with Gasteiger partial charge in [0.2, 0.25) is 5.91 Å². The molecule has 0 aliphatic rings. The summed E-state index contributed by atoms with van der Waals surface area (Å²) < 4.78 is 4.43. The van der Waals surface area contributed by atoms with E-state index >= 15 is 0 Å². The molecule has 4 heteroatoms. The molecule has 0 radical (unpaired) electrons. The number of esters is 1. The second-order valence-electron chi connectivity index (χ2n) is 3.09. The Balaban J connectivity index is 3.34. The molecular weight excluding hydrogens is 194 g/mol. The summed E-state index contributed by atoms with van der Waals surface area (Å²) in [7, 11) is 1.32. The molecule has 1 N–H and O–H groups in total. The molecule has 0 aromatic heterocycles. The van der Waals surface area contributed by atoms with Gasteiger partial charge in [0.25, 0.3) is 0 Å². The Hall–Kier alpha value is -1.50. The lowest BCUT2D eigenvalue weighted by Crippen LogP contribution is -2.25. The van der Waals surface area contributed by atoms with Gasteiger partial charge >= 0.3 is 5.97 Å². The Bertz CT molecular complexity index is 243. The highest BCUT2D eigenvalue weighted by Crippen LogP contribution is 1.98. The molecule has 0 saturated heterocycles. The number of terminal acetylenes is 1. The van der Waals surface area contributed by atoms with E-state index in [0.29, 0.717) is 19.4 Å². The van der Waals surface area contributed by atoms with Crippen molar-refractivity contribution in [1.82, 2.24) is 5.32 Å². The minimum atomic E-state index is -0.317. The fourth-order valence-corrected chi connectivity index (χ4v) is 1.01. The highest BCUT2D eigenvalue weighted by atomic mass is 16.5. The number of hydrogen-bond acceptors (Lipinski definition) is 3. The maximum atomic E-state index is 11.2. The Morgan fingerprint density at radius 1 is 1.33 bits per heavy atom. The van der Waals surface area contributed by atoms with Crippen LogP contribution in [-0.4, -0.2) is 25.5 Å². The first-order valence-corrected chi connectivity index (χ1v) is 4.97. The van der Waals surface area contributed by atoms with Gasteiger partial charge < -0.3 is 10.1 Å². The average Bonchev–Trinajstić information content (AvgIpc) is 2.24. The molecule has 1 amide bonds. The minimum absolute atomic E-state index is 0.0454. The molecule has 84 valence electrons. The molecule has 0 unspecified atom stereocenters. The third kappa shape index (κ3) is 8.82. The van der Waals surface area contributed by atoms with Crippen LogP contribution in [0.4, 0.5) is 0 Å². The molecule has 0 atom stereocenters. The molecule has 0 spiro atoms. The molecule has 0 saturated carbocycles. The normalized spacial score (nSPS) is 9.07. The number of ether oxygens (including phenoxy) is 1. The Kier molecular flexibility index (Phi) is 8.16. The second-order valence-corrected chi connectivity index (χ2v) is 3.09.